The monoisotopic (exact) mass is 444 g/mol. The van der Waals surface area contributed by atoms with Crippen molar-refractivity contribution in [2.45, 2.75) is 6.04 Å². The number of ether oxygens (including phenoxy) is 1. The highest BCUT2D eigenvalue weighted by Gasteiger charge is 2.33. The van der Waals surface area contributed by atoms with Crippen LogP contribution in [0.1, 0.15) is 0 Å². The Morgan fingerprint density at radius 3 is 2.61 bits per heavy atom. The van der Waals surface area contributed by atoms with Crippen LogP contribution in [0.4, 0.5) is 20.2 Å². The van der Waals surface area contributed by atoms with Crippen molar-refractivity contribution < 1.29 is 18.3 Å². The standard InChI is InChI=1S/C22H22F2N4O2S/c1-30-21-19(9-14-5-3-4-6-18(14)25-21)26-28-8-7-27(13-20(28)22(29)31-2)17-11-15(23)10-16(24)12-17/h3-6,9-12,20,26H,7-8,13H2,1-2H3. The fraction of sp³-hybridized carbons (Fsp3) is 0.273. The van der Waals surface area contributed by atoms with Gasteiger partial charge in [-0.05, 0) is 30.5 Å². The number of fused-ring (bicyclic) bond motifs is 1. The molecule has 6 nitrogen and oxygen atoms in total. The Bertz CT molecular complexity index is 1090. The summed E-state index contributed by atoms with van der Waals surface area (Å²) in [6, 6.07) is 12.5. The van der Waals surface area contributed by atoms with Gasteiger partial charge in [0.2, 0.25) is 11.0 Å². The molecule has 0 amide bonds. The number of carbonyl (C=O) groups is 1. The number of hydrogen-bond acceptors (Lipinski definition) is 7. The molecule has 1 aliphatic rings. The van der Waals surface area contributed by atoms with E-state index in [1.165, 1.54) is 12.1 Å². The Morgan fingerprint density at radius 2 is 1.90 bits per heavy atom. The molecular formula is C22H22F2N4O2S. The maximum Gasteiger partial charge on any atom is 0.239 e. The van der Waals surface area contributed by atoms with Gasteiger partial charge in [-0.25, -0.2) is 18.8 Å². The lowest BCUT2D eigenvalue weighted by molar-refractivity contribution is -0.115. The summed E-state index contributed by atoms with van der Waals surface area (Å²) in [4.78, 5) is 19.1. The predicted molar refractivity (Wildman–Crippen MR) is 120 cm³/mol. The number of benzene rings is 2. The van der Waals surface area contributed by atoms with E-state index in [0.717, 1.165) is 28.7 Å². The van der Waals surface area contributed by atoms with E-state index in [1.54, 1.807) is 13.4 Å². The second-order valence-electron chi connectivity index (χ2n) is 7.16. The number of nitrogens with zero attached hydrogens (tertiary/aromatic N) is 3. The van der Waals surface area contributed by atoms with Gasteiger partial charge in [-0.15, -0.1) is 0 Å². The first kappa shape index (κ1) is 21.3. The fourth-order valence-corrected chi connectivity index (χ4v) is 4.17. The smallest absolute Gasteiger partial charge is 0.239 e. The number of anilines is 2. The van der Waals surface area contributed by atoms with E-state index < -0.39 is 17.7 Å². The van der Waals surface area contributed by atoms with E-state index in [1.807, 2.05) is 40.2 Å². The van der Waals surface area contributed by atoms with Crippen LogP contribution in [0.2, 0.25) is 0 Å². The van der Waals surface area contributed by atoms with Gasteiger partial charge in [-0.2, -0.15) is 0 Å². The molecule has 1 unspecified atom stereocenters. The normalized spacial score (nSPS) is 17.0. The molecule has 1 N–H and O–H groups in total. The Balaban J connectivity index is 1.61. The minimum atomic E-state index is -0.643. The van der Waals surface area contributed by atoms with Crippen LogP contribution in [-0.4, -0.2) is 54.1 Å². The third-order valence-electron chi connectivity index (χ3n) is 5.21. The highest BCUT2D eigenvalue weighted by molar-refractivity contribution is 8.13. The molecule has 0 aliphatic carbocycles. The SMILES string of the molecule is COc1nc2ccccc2cc1NN1CCN(c2cc(F)cc(F)c2)CC1C(=O)SC. The third-order valence-corrected chi connectivity index (χ3v) is 5.89. The van der Waals surface area contributed by atoms with Gasteiger partial charge in [0.25, 0.3) is 0 Å². The minimum Gasteiger partial charge on any atom is -0.479 e. The Morgan fingerprint density at radius 1 is 1.16 bits per heavy atom. The first-order valence-electron chi connectivity index (χ1n) is 9.74. The molecule has 0 bridgehead atoms. The van der Waals surface area contributed by atoms with E-state index in [4.69, 9.17) is 4.74 Å². The molecule has 162 valence electrons. The summed E-state index contributed by atoms with van der Waals surface area (Å²) >= 11 is 1.12. The zero-order valence-electron chi connectivity index (χ0n) is 17.1. The van der Waals surface area contributed by atoms with E-state index in [2.05, 4.69) is 10.4 Å². The lowest BCUT2D eigenvalue weighted by Crippen LogP contribution is -2.58. The number of hydrogen-bond donors (Lipinski definition) is 1. The number of pyridine rings is 1. The fourth-order valence-electron chi connectivity index (χ4n) is 3.70. The van der Waals surface area contributed by atoms with E-state index in [9.17, 15) is 13.6 Å². The van der Waals surface area contributed by atoms with E-state index in [0.29, 0.717) is 36.9 Å². The molecule has 0 spiro atoms. The van der Waals surface area contributed by atoms with Gasteiger partial charge in [0.15, 0.2) is 0 Å². The highest BCUT2D eigenvalue weighted by atomic mass is 32.2. The number of methoxy groups -OCH3 is 1. The number of halogens is 2. The molecule has 0 saturated carbocycles. The van der Waals surface area contributed by atoms with Gasteiger partial charge in [-0.1, -0.05) is 30.0 Å². The highest BCUT2D eigenvalue weighted by Crippen LogP contribution is 2.29. The Labute approximate surface area is 183 Å². The van der Waals surface area contributed by atoms with Crippen molar-refractivity contribution >= 4 is 39.2 Å². The predicted octanol–water partition coefficient (Wildman–Crippen LogP) is 3.93. The maximum atomic E-state index is 13.7. The van der Waals surface area contributed by atoms with Crippen molar-refractivity contribution in [1.82, 2.24) is 9.99 Å². The molecule has 0 radical (unpaired) electrons. The summed E-state index contributed by atoms with van der Waals surface area (Å²) in [5, 5.41) is 2.72. The average molecular weight is 445 g/mol. The number of rotatable bonds is 5. The lowest BCUT2D eigenvalue weighted by Gasteiger charge is -2.41. The molecule has 9 heteroatoms. The van der Waals surface area contributed by atoms with Gasteiger partial charge >= 0.3 is 0 Å². The van der Waals surface area contributed by atoms with Crippen LogP contribution in [0.25, 0.3) is 10.9 Å². The molecule has 1 saturated heterocycles. The van der Waals surface area contributed by atoms with Crippen molar-refractivity contribution in [2.24, 2.45) is 0 Å². The third kappa shape index (κ3) is 4.57. The number of piperazine rings is 1. The zero-order chi connectivity index (χ0) is 22.0. The van der Waals surface area contributed by atoms with Gasteiger partial charge < -0.3 is 15.1 Å². The largest absolute Gasteiger partial charge is 0.479 e. The second-order valence-corrected chi connectivity index (χ2v) is 7.97. The molecule has 2 aromatic carbocycles. The first-order valence-corrected chi connectivity index (χ1v) is 11.0. The van der Waals surface area contributed by atoms with Crippen LogP contribution in [0.5, 0.6) is 5.88 Å². The molecule has 4 rings (SSSR count). The first-order chi connectivity index (χ1) is 15.0. The molecule has 1 aliphatic heterocycles. The molecule has 31 heavy (non-hydrogen) atoms. The van der Waals surface area contributed by atoms with Crippen LogP contribution in [0.15, 0.2) is 48.5 Å². The summed E-state index contributed by atoms with van der Waals surface area (Å²) in [7, 11) is 1.54. The Hall–Kier alpha value is -2.91. The van der Waals surface area contributed by atoms with Crippen molar-refractivity contribution in [2.75, 3.05) is 43.3 Å². The van der Waals surface area contributed by atoms with Crippen LogP contribution < -0.4 is 15.1 Å². The number of aromatic nitrogens is 1. The number of para-hydroxylation sites is 1. The topological polar surface area (TPSA) is 57.7 Å². The van der Waals surface area contributed by atoms with Crippen molar-refractivity contribution in [3.05, 3.63) is 60.2 Å². The van der Waals surface area contributed by atoms with E-state index in [-0.39, 0.29) is 5.12 Å². The Kier molecular flexibility index (Phi) is 6.24. The second kappa shape index (κ2) is 9.07. The van der Waals surface area contributed by atoms with Gasteiger partial charge in [0, 0.05) is 36.8 Å². The van der Waals surface area contributed by atoms with Gasteiger partial charge in [0.1, 0.15) is 23.4 Å². The average Bonchev–Trinajstić information content (AvgIpc) is 2.77. The van der Waals surface area contributed by atoms with Crippen LogP contribution in [0, 0.1) is 11.6 Å². The number of hydrazine groups is 1. The van der Waals surface area contributed by atoms with Crippen LogP contribution in [-0.2, 0) is 4.79 Å². The molecule has 2 heterocycles. The quantitative estimate of drug-likeness (QED) is 0.640. The summed E-state index contributed by atoms with van der Waals surface area (Å²) in [6.45, 7) is 1.22. The molecule has 1 atom stereocenters. The van der Waals surface area contributed by atoms with E-state index >= 15 is 0 Å². The molecule has 3 aromatic rings. The summed E-state index contributed by atoms with van der Waals surface area (Å²) in [5.41, 5.74) is 5.16. The summed E-state index contributed by atoms with van der Waals surface area (Å²) in [6.07, 6.45) is 1.72. The van der Waals surface area contributed by atoms with Crippen molar-refractivity contribution in [3.63, 3.8) is 0 Å². The van der Waals surface area contributed by atoms with Crippen molar-refractivity contribution in [1.29, 1.82) is 0 Å². The number of thioether (sulfide) groups is 1. The van der Waals surface area contributed by atoms with Gasteiger partial charge in [0.05, 0.1) is 12.6 Å². The number of carbonyl (C=O) groups excluding carboxylic acids is 1. The van der Waals surface area contributed by atoms with Crippen molar-refractivity contribution in [3.8, 4) is 5.88 Å². The van der Waals surface area contributed by atoms with Gasteiger partial charge in [-0.3, -0.25) is 4.79 Å². The molecule has 1 aromatic heterocycles. The van der Waals surface area contributed by atoms with Crippen LogP contribution in [0.3, 0.4) is 0 Å². The summed E-state index contributed by atoms with van der Waals surface area (Å²) in [5.74, 6) is -0.866. The molecular weight excluding hydrogens is 422 g/mol. The zero-order valence-corrected chi connectivity index (χ0v) is 18.0. The summed E-state index contributed by atoms with van der Waals surface area (Å²) < 4.78 is 32.8. The molecule has 1 fully saturated rings. The minimum absolute atomic E-state index is 0.0539. The van der Waals surface area contributed by atoms with Crippen LogP contribution >= 0.6 is 11.8 Å². The number of nitrogens with one attached hydrogen (secondary N) is 1. The maximum absolute atomic E-state index is 13.7. The lowest BCUT2D eigenvalue weighted by atomic mass is 10.1.